The summed E-state index contributed by atoms with van der Waals surface area (Å²) in [5.41, 5.74) is 14.7. The van der Waals surface area contributed by atoms with E-state index in [9.17, 15) is 0 Å². The Morgan fingerprint density at radius 1 is 0.362 bits per heavy atom. The molecule has 1 aromatic heterocycles. The highest BCUT2D eigenvalue weighted by atomic mass is 19.1. The van der Waals surface area contributed by atoms with Crippen LogP contribution in [0.4, 0.5) is 21.5 Å². The van der Waals surface area contributed by atoms with E-state index in [0.29, 0.717) is 0 Å². The van der Waals surface area contributed by atoms with Crippen LogP contribution in [0.3, 0.4) is 0 Å². The van der Waals surface area contributed by atoms with Gasteiger partial charge in [0, 0.05) is 16.5 Å². The molecule has 3 heteroatoms. The van der Waals surface area contributed by atoms with Crippen LogP contribution in [0, 0.1) is 5.82 Å². The van der Waals surface area contributed by atoms with Crippen molar-refractivity contribution >= 4 is 39.0 Å². The Labute approximate surface area is 336 Å². The predicted molar refractivity (Wildman–Crippen MR) is 237 cm³/mol. The summed E-state index contributed by atoms with van der Waals surface area (Å²) in [6, 6.07) is 75.7. The van der Waals surface area contributed by atoms with Gasteiger partial charge >= 0.3 is 0 Å². The van der Waals surface area contributed by atoms with Gasteiger partial charge in [0.2, 0.25) is 0 Å². The zero-order chi connectivity index (χ0) is 38.6. The van der Waals surface area contributed by atoms with Crippen LogP contribution in [0.2, 0.25) is 0 Å². The lowest BCUT2D eigenvalue weighted by atomic mass is 9.62. The van der Waals surface area contributed by atoms with E-state index >= 15 is 4.39 Å². The van der Waals surface area contributed by atoms with Gasteiger partial charge in [-0.2, -0.15) is 0 Å². The first-order valence-electron chi connectivity index (χ1n) is 19.7. The molecule has 0 aliphatic carbocycles. The zero-order valence-corrected chi connectivity index (χ0v) is 31.5. The molecule has 0 saturated carbocycles. The molecular formula is C55H36FNO. The third-order valence-corrected chi connectivity index (χ3v) is 11.8. The molecule has 0 atom stereocenters. The number of halogens is 1. The van der Waals surface area contributed by atoms with Gasteiger partial charge in [0.15, 0.2) is 0 Å². The predicted octanol–water partition coefficient (Wildman–Crippen LogP) is 14.9. The van der Waals surface area contributed by atoms with Crippen molar-refractivity contribution in [3.63, 3.8) is 0 Å². The van der Waals surface area contributed by atoms with E-state index in [1.807, 2.05) is 36.4 Å². The number of hydrogen-bond acceptors (Lipinski definition) is 2. The second-order valence-corrected chi connectivity index (χ2v) is 15.0. The van der Waals surface area contributed by atoms with Gasteiger partial charge in [0.25, 0.3) is 0 Å². The van der Waals surface area contributed by atoms with Gasteiger partial charge in [-0.1, -0.05) is 152 Å². The first kappa shape index (κ1) is 33.8. The molecular weight excluding hydrogens is 710 g/mol. The molecule has 10 aromatic rings. The van der Waals surface area contributed by atoms with Crippen LogP contribution in [0.25, 0.3) is 55.3 Å². The highest BCUT2D eigenvalue weighted by molar-refractivity contribution is 6.06. The molecule has 0 spiro atoms. The number of fused-ring (bicyclic) bond motifs is 5. The summed E-state index contributed by atoms with van der Waals surface area (Å²) in [6.07, 6.45) is 0. The van der Waals surface area contributed by atoms with Gasteiger partial charge in [-0.3, -0.25) is 0 Å². The van der Waals surface area contributed by atoms with E-state index < -0.39 is 5.41 Å². The molecule has 2 heterocycles. The average Bonchev–Trinajstić information content (AvgIpc) is 3.67. The minimum absolute atomic E-state index is 0.273. The number of para-hydroxylation sites is 1. The number of hydrogen-bond donors (Lipinski definition) is 0. The van der Waals surface area contributed by atoms with Crippen molar-refractivity contribution in [2.45, 2.75) is 5.41 Å². The summed E-state index contributed by atoms with van der Waals surface area (Å²) in [4.78, 5) is 2.31. The van der Waals surface area contributed by atoms with E-state index in [0.717, 1.165) is 94.6 Å². The molecule has 274 valence electrons. The number of anilines is 3. The fourth-order valence-corrected chi connectivity index (χ4v) is 9.17. The van der Waals surface area contributed by atoms with E-state index in [1.165, 1.54) is 0 Å². The van der Waals surface area contributed by atoms with Gasteiger partial charge in [-0.25, -0.2) is 4.39 Å². The maximum Gasteiger partial charge on any atom is 0.135 e. The second kappa shape index (κ2) is 13.6. The van der Waals surface area contributed by atoms with Crippen LogP contribution < -0.4 is 4.90 Å². The maximum atomic E-state index is 15.9. The van der Waals surface area contributed by atoms with Crippen LogP contribution in [0.15, 0.2) is 223 Å². The minimum atomic E-state index is -0.816. The smallest absolute Gasteiger partial charge is 0.135 e. The lowest BCUT2D eigenvalue weighted by Crippen LogP contribution is -2.38. The highest BCUT2D eigenvalue weighted by Gasteiger charge is 2.47. The molecule has 2 nitrogen and oxygen atoms in total. The van der Waals surface area contributed by atoms with Gasteiger partial charge in [-0.05, 0) is 122 Å². The minimum Gasteiger partial charge on any atom is -0.456 e. The van der Waals surface area contributed by atoms with Crippen molar-refractivity contribution in [2.24, 2.45) is 0 Å². The third kappa shape index (κ3) is 5.39. The second-order valence-electron chi connectivity index (χ2n) is 15.0. The molecule has 0 unspecified atom stereocenters. The monoisotopic (exact) mass is 745 g/mol. The van der Waals surface area contributed by atoms with E-state index in [-0.39, 0.29) is 5.82 Å². The Bertz CT molecular complexity index is 3090. The molecule has 0 N–H and O–H groups in total. The van der Waals surface area contributed by atoms with Crippen molar-refractivity contribution in [1.82, 2.24) is 0 Å². The largest absolute Gasteiger partial charge is 0.456 e. The van der Waals surface area contributed by atoms with Crippen molar-refractivity contribution in [1.29, 1.82) is 0 Å². The number of nitrogens with zero attached hydrogens (tertiary/aromatic N) is 1. The van der Waals surface area contributed by atoms with Crippen molar-refractivity contribution < 1.29 is 8.81 Å². The molecule has 0 bridgehead atoms. The number of benzene rings is 9. The van der Waals surface area contributed by atoms with Crippen LogP contribution in [0.5, 0.6) is 0 Å². The average molecular weight is 746 g/mol. The molecule has 9 aromatic carbocycles. The van der Waals surface area contributed by atoms with E-state index in [2.05, 4.69) is 175 Å². The van der Waals surface area contributed by atoms with Crippen molar-refractivity contribution in [3.05, 3.63) is 246 Å². The van der Waals surface area contributed by atoms with Crippen molar-refractivity contribution in [2.75, 3.05) is 4.90 Å². The zero-order valence-electron chi connectivity index (χ0n) is 31.5. The lowest BCUT2D eigenvalue weighted by molar-refractivity contribution is 0.618. The fraction of sp³-hybridized carbons (Fsp3) is 0.0182. The topological polar surface area (TPSA) is 16.4 Å². The summed E-state index contributed by atoms with van der Waals surface area (Å²) in [7, 11) is 0. The number of furan rings is 1. The Kier molecular flexibility index (Phi) is 7.94. The first-order valence-corrected chi connectivity index (χ1v) is 19.7. The highest BCUT2D eigenvalue weighted by Crippen LogP contribution is 2.58. The number of rotatable bonds is 6. The molecule has 0 saturated heterocycles. The van der Waals surface area contributed by atoms with Crippen LogP contribution in [-0.4, -0.2) is 0 Å². The van der Waals surface area contributed by atoms with Crippen LogP contribution >= 0.6 is 0 Å². The van der Waals surface area contributed by atoms with Crippen molar-refractivity contribution in [3.8, 4) is 33.4 Å². The molecule has 11 rings (SSSR count). The molecule has 1 aliphatic rings. The first-order chi connectivity index (χ1) is 28.6. The van der Waals surface area contributed by atoms with E-state index in [1.54, 1.807) is 12.1 Å². The quantitative estimate of drug-likeness (QED) is 0.169. The molecule has 58 heavy (non-hydrogen) atoms. The third-order valence-electron chi connectivity index (χ3n) is 11.8. The summed E-state index contributed by atoms with van der Waals surface area (Å²) in [5.74, 6) is -0.273. The Hall–Kier alpha value is -7.49. The van der Waals surface area contributed by atoms with Gasteiger partial charge in [0.1, 0.15) is 17.0 Å². The maximum absolute atomic E-state index is 15.9. The lowest BCUT2D eigenvalue weighted by Gasteiger charge is -2.46. The van der Waals surface area contributed by atoms with Crippen LogP contribution in [-0.2, 0) is 5.41 Å². The van der Waals surface area contributed by atoms with E-state index in [4.69, 9.17) is 4.42 Å². The standard InChI is InChI=1S/C55H36FNO/c56-45-28-30-52-50(36-45)55(43-19-6-2-7-20-43,44-21-8-3-9-22-44)49-35-42(37-14-4-1-5-15-37)26-29-51(49)57(52)46-23-13-18-40(33-46)38-16-12-17-39(32-38)41-27-31-54-48(34-41)47-24-10-11-25-53(47)58-54/h1-36H. The Balaban J connectivity index is 1.11. The van der Waals surface area contributed by atoms with Crippen LogP contribution in [0.1, 0.15) is 22.3 Å². The van der Waals surface area contributed by atoms with Gasteiger partial charge in [0.05, 0.1) is 16.8 Å². The summed E-state index contributed by atoms with van der Waals surface area (Å²) in [6.45, 7) is 0. The molecule has 0 fully saturated rings. The van der Waals surface area contributed by atoms with Gasteiger partial charge < -0.3 is 9.32 Å². The Morgan fingerprint density at radius 3 is 1.60 bits per heavy atom. The molecule has 0 radical (unpaired) electrons. The van der Waals surface area contributed by atoms with Gasteiger partial charge in [-0.15, -0.1) is 0 Å². The summed E-state index contributed by atoms with van der Waals surface area (Å²) < 4.78 is 22.0. The normalized spacial score (nSPS) is 13.0. The molecule has 0 amide bonds. The SMILES string of the molecule is Fc1ccc2c(c1)C(c1ccccc1)(c1ccccc1)c1cc(-c3ccccc3)ccc1N2c1cccc(-c2cccc(-c3ccc4oc5ccccc5c4c3)c2)c1. The Morgan fingerprint density at radius 2 is 0.879 bits per heavy atom. The summed E-state index contributed by atoms with van der Waals surface area (Å²) in [5, 5.41) is 2.22. The molecule has 1 aliphatic heterocycles. The summed E-state index contributed by atoms with van der Waals surface area (Å²) >= 11 is 0. The fourth-order valence-electron chi connectivity index (χ4n) is 9.17.